The Kier molecular flexibility index (Phi) is 14.5. The fraction of sp³-hybridized carbons (Fsp3) is 0.455. The van der Waals surface area contributed by atoms with E-state index in [0.717, 1.165) is 42.4 Å². The number of halogens is 2. The van der Waals surface area contributed by atoms with Crippen molar-refractivity contribution in [3.8, 4) is 11.5 Å². The molecular weight excluding hydrogens is 739 g/mol. The summed E-state index contributed by atoms with van der Waals surface area (Å²) in [7, 11) is 0. The molecule has 6 atom stereocenters. The molecule has 3 aliphatic rings. The first-order valence-electron chi connectivity index (χ1n) is 19.5. The first-order valence-corrected chi connectivity index (χ1v) is 20.0. The van der Waals surface area contributed by atoms with E-state index in [1.807, 2.05) is 30.3 Å². The number of carbonyl (C=O) groups is 1. The maximum absolute atomic E-state index is 14.3. The van der Waals surface area contributed by atoms with Crippen LogP contribution in [-0.4, -0.2) is 76.2 Å². The quantitative estimate of drug-likeness (QED) is 0.0480. The fourth-order valence-electron chi connectivity index (χ4n) is 8.71. The van der Waals surface area contributed by atoms with Crippen LogP contribution < -0.4 is 4.74 Å². The van der Waals surface area contributed by atoms with Gasteiger partial charge < -0.3 is 34.4 Å². The van der Waals surface area contributed by atoms with Crippen LogP contribution in [0.15, 0.2) is 102 Å². The predicted octanol–water partition coefficient (Wildman–Crippen LogP) is 8.24. The standard InChI is InChI=1S/C44H52ClFN2O8/c1-2-23-54-44-40(48(43(52)53-24-20-45)28-30-14-16-33(46)17-15-30)27-38(47-55-29-31-10-4-3-5-11-31)36-25-32(12-6-8-21-49)35(13-7-9-22-50)41(42(36)44)37-26-34(51)18-19-39(37)56-44/h2-5,10-11,14-19,25-26,32,35,40-42,49-51H,1,6-9,12-13,20-24,27-29H2/t32-,35+,40-,41+,42+,44+/m0/s1. The van der Waals surface area contributed by atoms with Crippen molar-refractivity contribution in [2.75, 3.05) is 32.3 Å². The van der Waals surface area contributed by atoms with Gasteiger partial charge in [-0.1, -0.05) is 72.6 Å². The summed E-state index contributed by atoms with van der Waals surface area (Å²) in [5.41, 5.74) is 3.86. The monoisotopic (exact) mass is 790 g/mol. The van der Waals surface area contributed by atoms with Gasteiger partial charge in [0.1, 0.15) is 36.6 Å². The molecule has 6 rings (SSSR count). The first kappa shape index (κ1) is 41.2. The predicted molar refractivity (Wildman–Crippen MR) is 212 cm³/mol. The van der Waals surface area contributed by atoms with E-state index in [-0.39, 0.29) is 75.4 Å². The Morgan fingerprint density at radius 1 is 1.02 bits per heavy atom. The Morgan fingerprint density at radius 3 is 2.48 bits per heavy atom. The molecule has 0 bridgehead atoms. The van der Waals surface area contributed by atoms with E-state index >= 15 is 0 Å². The fourth-order valence-corrected chi connectivity index (χ4v) is 8.79. The lowest BCUT2D eigenvalue weighted by Crippen LogP contribution is -2.70. The number of fused-ring (bicyclic) bond motifs is 2. The van der Waals surface area contributed by atoms with Crippen LogP contribution in [0.1, 0.15) is 67.6 Å². The highest BCUT2D eigenvalue weighted by Crippen LogP contribution is 2.62. The zero-order chi connectivity index (χ0) is 39.5. The van der Waals surface area contributed by atoms with E-state index in [9.17, 15) is 24.5 Å². The average Bonchev–Trinajstić information content (AvgIpc) is 3.21. The minimum atomic E-state index is -1.53. The Morgan fingerprint density at radius 2 is 1.77 bits per heavy atom. The molecule has 3 aromatic carbocycles. The first-order chi connectivity index (χ1) is 27.3. The third-order valence-corrected chi connectivity index (χ3v) is 11.2. The lowest BCUT2D eigenvalue weighted by molar-refractivity contribution is -0.256. The smallest absolute Gasteiger partial charge is 0.410 e. The molecule has 0 unspecified atom stereocenters. The second-order valence-corrected chi connectivity index (χ2v) is 15.0. The Hall–Kier alpha value is -4.42. The van der Waals surface area contributed by atoms with Crippen LogP contribution in [0.4, 0.5) is 9.18 Å². The van der Waals surface area contributed by atoms with Gasteiger partial charge in [0.2, 0.25) is 5.79 Å². The van der Waals surface area contributed by atoms with Crippen LogP contribution in [0.2, 0.25) is 0 Å². The van der Waals surface area contributed by atoms with Crippen LogP contribution in [0.25, 0.3) is 0 Å². The van der Waals surface area contributed by atoms with Crippen molar-refractivity contribution in [1.29, 1.82) is 0 Å². The number of aromatic hydroxyl groups is 1. The Balaban J connectivity index is 1.58. The van der Waals surface area contributed by atoms with E-state index < -0.39 is 29.7 Å². The average molecular weight is 791 g/mol. The SMILES string of the molecule is C=CCO[C@@]12Oc3ccc(O)cc3[C@H]3[C@H](CCCCO)[C@@H](CCCCO)C=C(C(=NOCc4ccccc4)C[C@@H]1N(Cc1ccc(F)cc1)C(=O)OCCCl)[C@H]32. The molecule has 0 saturated heterocycles. The van der Waals surface area contributed by atoms with E-state index in [0.29, 0.717) is 29.9 Å². The van der Waals surface area contributed by atoms with Crippen LogP contribution in [0.5, 0.6) is 11.5 Å². The summed E-state index contributed by atoms with van der Waals surface area (Å²) < 4.78 is 33.9. The third kappa shape index (κ3) is 9.23. The lowest BCUT2D eigenvalue weighted by atomic mass is 9.55. The van der Waals surface area contributed by atoms with E-state index in [4.69, 9.17) is 35.8 Å². The van der Waals surface area contributed by atoms with Crippen LogP contribution in [0, 0.1) is 23.6 Å². The normalized spacial score (nSPS) is 24.3. The highest BCUT2D eigenvalue weighted by molar-refractivity contribution is 6.18. The number of aliphatic hydroxyl groups excluding tert-OH is 2. The molecule has 0 spiro atoms. The van der Waals surface area contributed by atoms with Crippen molar-refractivity contribution >= 4 is 23.4 Å². The highest BCUT2D eigenvalue weighted by Gasteiger charge is 2.65. The van der Waals surface area contributed by atoms with E-state index in [1.54, 1.807) is 41.3 Å². The second kappa shape index (κ2) is 19.6. The van der Waals surface area contributed by atoms with Gasteiger partial charge in [-0.25, -0.2) is 9.18 Å². The Labute approximate surface area is 333 Å². The summed E-state index contributed by atoms with van der Waals surface area (Å²) in [6.07, 6.45) is 7.73. The zero-order valence-electron chi connectivity index (χ0n) is 31.6. The van der Waals surface area contributed by atoms with Gasteiger partial charge in [-0.05, 0) is 84.6 Å². The number of hydrogen-bond donors (Lipinski definition) is 3. The number of oxime groups is 1. The number of carbonyl (C=O) groups excluding carboxylic acids is 1. The number of amides is 1. The van der Waals surface area contributed by atoms with Crippen LogP contribution >= 0.6 is 11.6 Å². The molecule has 0 aromatic heterocycles. The van der Waals surface area contributed by atoms with Crippen molar-refractivity contribution in [2.24, 2.45) is 22.9 Å². The van der Waals surface area contributed by atoms with Gasteiger partial charge in [0.25, 0.3) is 0 Å². The summed E-state index contributed by atoms with van der Waals surface area (Å²) in [5.74, 6) is -2.11. The molecule has 56 heavy (non-hydrogen) atoms. The van der Waals surface area contributed by atoms with Gasteiger partial charge in [-0.15, -0.1) is 18.2 Å². The second-order valence-electron chi connectivity index (χ2n) is 14.6. The van der Waals surface area contributed by atoms with Gasteiger partial charge >= 0.3 is 6.09 Å². The molecule has 1 saturated carbocycles. The molecule has 1 fully saturated rings. The summed E-state index contributed by atoms with van der Waals surface area (Å²) in [4.78, 5) is 22.0. The molecule has 3 N–H and O–H groups in total. The molecule has 1 aliphatic heterocycles. The number of aliphatic hydroxyl groups is 2. The number of unbranched alkanes of at least 4 members (excludes halogenated alkanes) is 2. The van der Waals surface area contributed by atoms with Crippen molar-refractivity contribution in [1.82, 2.24) is 4.90 Å². The minimum Gasteiger partial charge on any atom is -0.508 e. The molecule has 300 valence electrons. The minimum absolute atomic E-state index is 0.0101. The molecule has 10 nitrogen and oxygen atoms in total. The zero-order valence-corrected chi connectivity index (χ0v) is 32.4. The van der Waals surface area contributed by atoms with E-state index in [1.165, 1.54) is 12.1 Å². The van der Waals surface area contributed by atoms with Gasteiger partial charge in [0.15, 0.2) is 0 Å². The largest absolute Gasteiger partial charge is 0.508 e. The van der Waals surface area contributed by atoms with Gasteiger partial charge in [0.05, 0.1) is 24.1 Å². The summed E-state index contributed by atoms with van der Waals surface area (Å²) in [5, 5.41) is 35.4. The number of alkyl halides is 1. The van der Waals surface area contributed by atoms with E-state index in [2.05, 4.69) is 12.7 Å². The number of nitrogens with zero attached hydrogens (tertiary/aromatic N) is 2. The third-order valence-electron chi connectivity index (χ3n) is 11.1. The topological polar surface area (TPSA) is 130 Å². The number of rotatable bonds is 19. The molecule has 12 heteroatoms. The van der Waals surface area contributed by atoms with Crippen LogP contribution in [-0.2, 0) is 27.5 Å². The number of phenols is 1. The van der Waals surface area contributed by atoms with Gasteiger partial charge in [0, 0.05) is 37.7 Å². The number of benzene rings is 3. The van der Waals surface area contributed by atoms with Crippen molar-refractivity contribution < 1.29 is 43.6 Å². The highest BCUT2D eigenvalue weighted by atomic mass is 35.5. The maximum Gasteiger partial charge on any atom is 0.410 e. The number of phenolic OH excluding ortho intramolecular Hbond substituents is 1. The lowest BCUT2D eigenvalue weighted by Gasteiger charge is -2.59. The summed E-state index contributed by atoms with van der Waals surface area (Å²) in [6.45, 7) is 4.37. The maximum atomic E-state index is 14.3. The summed E-state index contributed by atoms with van der Waals surface area (Å²) in [6, 6.07) is 19.8. The molecule has 1 heterocycles. The van der Waals surface area contributed by atoms with Gasteiger partial charge in [-0.3, -0.25) is 4.90 Å². The molecular formula is C44H52ClFN2O8. The number of ether oxygens (including phenoxy) is 3. The van der Waals surface area contributed by atoms with Crippen LogP contribution in [0.3, 0.4) is 0 Å². The summed E-state index contributed by atoms with van der Waals surface area (Å²) >= 11 is 6.02. The molecule has 2 aliphatic carbocycles. The molecule has 1 amide bonds. The van der Waals surface area contributed by atoms with Crippen molar-refractivity contribution in [2.45, 2.75) is 75.8 Å². The molecule has 3 aromatic rings. The molecule has 0 radical (unpaired) electrons. The Bertz CT molecular complexity index is 1830. The van der Waals surface area contributed by atoms with Crippen molar-refractivity contribution in [3.05, 3.63) is 120 Å². The van der Waals surface area contributed by atoms with Crippen molar-refractivity contribution in [3.63, 3.8) is 0 Å². The number of hydrogen-bond acceptors (Lipinski definition) is 9. The van der Waals surface area contributed by atoms with Gasteiger partial charge in [-0.2, -0.15) is 0 Å². The number of allylic oxidation sites excluding steroid dienone is 1.